The van der Waals surface area contributed by atoms with Crippen LogP contribution in [0.4, 0.5) is 0 Å². The molecule has 0 spiro atoms. The van der Waals surface area contributed by atoms with Gasteiger partial charge in [0.2, 0.25) is 0 Å². The van der Waals surface area contributed by atoms with Gasteiger partial charge in [-0.05, 0) is 46.9 Å². The zero-order valence-electron chi connectivity index (χ0n) is 15.2. The monoisotopic (exact) mass is 346 g/mol. The molecule has 0 radical (unpaired) electrons. The van der Waals surface area contributed by atoms with Crippen molar-refractivity contribution >= 4 is 5.97 Å². The Balaban J connectivity index is 1.93. The first-order valence-electron chi connectivity index (χ1n) is 8.59. The number of rotatable bonds is 5. The second-order valence-corrected chi connectivity index (χ2v) is 6.15. The number of benzene rings is 3. The van der Waals surface area contributed by atoms with E-state index in [-0.39, 0.29) is 12.1 Å². The van der Waals surface area contributed by atoms with Crippen molar-refractivity contribution < 1.29 is 14.3 Å². The highest BCUT2D eigenvalue weighted by Crippen LogP contribution is 2.33. The van der Waals surface area contributed by atoms with Crippen LogP contribution < -0.4 is 4.74 Å². The van der Waals surface area contributed by atoms with Gasteiger partial charge in [0.1, 0.15) is 11.9 Å². The lowest BCUT2D eigenvalue weighted by Gasteiger charge is -2.14. The highest BCUT2D eigenvalue weighted by atomic mass is 16.5. The molecule has 0 saturated carbocycles. The minimum atomic E-state index is -0.272. The first kappa shape index (κ1) is 17.7. The van der Waals surface area contributed by atoms with Crippen molar-refractivity contribution in [3.63, 3.8) is 0 Å². The minimum absolute atomic E-state index is 0.251. The Labute approximate surface area is 154 Å². The number of hydrogen-bond acceptors (Lipinski definition) is 3. The van der Waals surface area contributed by atoms with Gasteiger partial charge < -0.3 is 9.47 Å². The molecule has 0 N–H and O–H groups in total. The Morgan fingerprint density at radius 1 is 0.808 bits per heavy atom. The summed E-state index contributed by atoms with van der Waals surface area (Å²) in [5, 5.41) is 0. The second kappa shape index (κ2) is 7.87. The molecule has 0 heterocycles. The number of hydrogen-bond donors (Lipinski definition) is 0. The predicted octanol–water partition coefficient (Wildman–Crippen LogP) is 5.65. The van der Waals surface area contributed by atoms with Crippen LogP contribution in [0, 0.1) is 0 Å². The van der Waals surface area contributed by atoms with E-state index in [1.165, 1.54) is 6.92 Å². The molecule has 3 heteroatoms. The fourth-order valence-corrected chi connectivity index (χ4v) is 3.01. The minimum Gasteiger partial charge on any atom is -0.497 e. The van der Waals surface area contributed by atoms with Gasteiger partial charge in [-0.15, -0.1) is 0 Å². The number of esters is 1. The van der Waals surface area contributed by atoms with E-state index in [0.717, 1.165) is 33.6 Å². The quantitative estimate of drug-likeness (QED) is 0.560. The third kappa shape index (κ3) is 3.94. The molecule has 0 aromatic heterocycles. The molecule has 0 aliphatic carbocycles. The summed E-state index contributed by atoms with van der Waals surface area (Å²) in [7, 11) is 1.67. The molecule has 0 fully saturated rings. The average molecular weight is 346 g/mol. The molecule has 0 aliphatic rings. The Kier molecular flexibility index (Phi) is 5.37. The summed E-state index contributed by atoms with van der Waals surface area (Å²) in [6, 6.07) is 24.5. The van der Waals surface area contributed by atoms with Gasteiger partial charge in [-0.25, -0.2) is 0 Å². The lowest BCUT2D eigenvalue weighted by molar-refractivity contribution is -0.145. The van der Waals surface area contributed by atoms with Gasteiger partial charge in [0, 0.05) is 6.92 Å². The van der Waals surface area contributed by atoms with Crippen LogP contribution >= 0.6 is 0 Å². The third-order valence-electron chi connectivity index (χ3n) is 4.36. The third-order valence-corrected chi connectivity index (χ3v) is 4.36. The van der Waals surface area contributed by atoms with Crippen molar-refractivity contribution in [3.05, 3.63) is 78.4 Å². The number of ether oxygens (including phenoxy) is 2. The standard InChI is InChI=1S/C23H22O3/c1-16(26-17(2)24)18-8-10-19(11-9-18)22-6-4-5-7-23(22)20-12-14-21(25-3)15-13-20/h4-16H,1-3H3. The number of carbonyl (C=O) groups is 1. The van der Waals surface area contributed by atoms with Gasteiger partial charge in [-0.3, -0.25) is 4.79 Å². The molecular weight excluding hydrogens is 324 g/mol. The average Bonchev–Trinajstić information content (AvgIpc) is 2.68. The second-order valence-electron chi connectivity index (χ2n) is 6.15. The number of carbonyl (C=O) groups excluding carboxylic acids is 1. The normalized spacial score (nSPS) is 11.7. The smallest absolute Gasteiger partial charge is 0.303 e. The van der Waals surface area contributed by atoms with Crippen LogP contribution in [-0.2, 0) is 9.53 Å². The van der Waals surface area contributed by atoms with Crippen LogP contribution in [0.15, 0.2) is 72.8 Å². The lowest BCUT2D eigenvalue weighted by atomic mass is 9.94. The van der Waals surface area contributed by atoms with E-state index in [9.17, 15) is 4.79 Å². The van der Waals surface area contributed by atoms with Gasteiger partial charge in [0.15, 0.2) is 0 Å². The topological polar surface area (TPSA) is 35.5 Å². The summed E-state index contributed by atoms with van der Waals surface area (Å²) in [6.45, 7) is 3.30. The molecule has 3 aromatic rings. The molecule has 0 aliphatic heterocycles. The van der Waals surface area contributed by atoms with Crippen LogP contribution in [0.25, 0.3) is 22.3 Å². The molecule has 26 heavy (non-hydrogen) atoms. The largest absolute Gasteiger partial charge is 0.497 e. The van der Waals surface area contributed by atoms with Gasteiger partial charge in [0.25, 0.3) is 0 Å². The Hall–Kier alpha value is -3.07. The van der Waals surface area contributed by atoms with Crippen LogP contribution in [0.2, 0.25) is 0 Å². The summed E-state index contributed by atoms with van der Waals surface area (Å²) in [5.74, 6) is 0.571. The van der Waals surface area contributed by atoms with E-state index in [1.807, 2.05) is 43.3 Å². The molecule has 3 nitrogen and oxygen atoms in total. The van der Waals surface area contributed by atoms with Crippen LogP contribution in [-0.4, -0.2) is 13.1 Å². The van der Waals surface area contributed by atoms with Gasteiger partial charge in [0.05, 0.1) is 7.11 Å². The summed E-state index contributed by atoms with van der Waals surface area (Å²) in [4.78, 5) is 11.1. The van der Waals surface area contributed by atoms with Gasteiger partial charge in [-0.1, -0.05) is 60.7 Å². The van der Waals surface area contributed by atoms with Crippen molar-refractivity contribution in [3.8, 4) is 28.0 Å². The lowest BCUT2D eigenvalue weighted by Crippen LogP contribution is -2.04. The highest BCUT2D eigenvalue weighted by molar-refractivity contribution is 5.83. The Morgan fingerprint density at radius 2 is 1.31 bits per heavy atom. The van der Waals surface area contributed by atoms with E-state index in [4.69, 9.17) is 9.47 Å². The molecule has 3 aromatic carbocycles. The summed E-state index contributed by atoms with van der Waals surface area (Å²) >= 11 is 0. The summed E-state index contributed by atoms with van der Waals surface area (Å²) < 4.78 is 10.5. The van der Waals surface area contributed by atoms with E-state index >= 15 is 0 Å². The highest BCUT2D eigenvalue weighted by Gasteiger charge is 2.11. The molecule has 1 atom stereocenters. The van der Waals surface area contributed by atoms with Crippen molar-refractivity contribution in [2.24, 2.45) is 0 Å². The molecule has 3 rings (SSSR count). The number of methoxy groups -OCH3 is 1. The molecule has 0 amide bonds. The Morgan fingerprint density at radius 3 is 1.77 bits per heavy atom. The first-order valence-corrected chi connectivity index (χ1v) is 8.59. The maximum absolute atomic E-state index is 11.1. The molecule has 0 bridgehead atoms. The van der Waals surface area contributed by atoms with Gasteiger partial charge in [-0.2, -0.15) is 0 Å². The SMILES string of the molecule is COc1ccc(-c2ccccc2-c2ccc(C(C)OC(C)=O)cc2)cc1. The zero-order chi connectivity index (χ0) is 18.5. The van der Waals surface area contributed by atoms with E-state index in [1.54, 1.807) is 7.11 Å². The first-order chi connectivity index (χ1) is 12.6. The fraction of sp³-hybridized carbons (Fsp3) is 0.174. The zero-order valence-corrected chi connectivity index (χ0v) is 15.2. The maximum Gasteiger partial charge on any atom is 0.303 e. The molecule has 0 saturated heterocycles. The van der Waals surface area contributed by atoms with Crippen molar-refractivity contribution in [1.82, 2.24) is 0 Å². The van der Waals surface area contributed by atoms with Crippen molar-refractivity contribution in [2.45, 2.75) is 20.0 Å². The van der Waals surface area contributed by atoms with Crippen LogP contribution in [0.5, 0.6) is 5.75 Å². The van der Waals surface area contributed by atoms with Crippen molar-refractivity contribution in [2.75, 3.05) is 7.11 Å². The summed E-state index contributed by atoms with van der Waals surface area (Å²) in [5.41, 5.74) is 5.56. The Bertz CT molecular complexity index is 880. The van der Waals surface area contributed by atoms with Crippen LogP contribution in [0.3, 0.4) is 0 Å². The van der Waals surface area contributed by atoms with E-state index in [0.29, 0.717) is 0 Å². The predicted molar refractivity (Wildman–Crippen MR) is 104 cm³/mol. The molecule has 1 unspecified atom stereocenters. The fourth-order valence-electron chi connectivity index (χ4n) is 3.01. The maximum atomic E-state index is 11.1. The van der Waals surface area contributed by atoms with Crippen LogP contribution in [0.1, 0.15) is 25.5 Å². The molecular formula is C23H22O3. The van der Waals surface area contributed by atoms with E-state index in [2.05, 4.69) is 36.4 Å². The summed E-state index contributed by atoms with van der Waals surface area (Å²) in [6.07, 6.45) is -0.251. The molecule has 132 valence electrons. The van der Waals surface area contributed by atoms with E-state index < -0.39 is 0 Å². The van der Waals surface area contributed by atoms with Crippen molar-refractivity contribution in [1.29, 1.82) is 0 Å². The van der Waals surface area contributed by atoms with Gasteiger partial charge >= 0.3 is 5.97 Å².